The molecule has 0 saturated carbocycles. The zero-order valence-corrected chi connectivity index (χ0v) is 14.3. The molecular formula is C20H22N2S. The summed E-state index contributed by atoms with van der Waals surface area (Å²) in [5, 5.41) is 1.33. The summed E-state index contributed by atoms with van der Waals surface area (Å²) >= 11 is 1.88. The molecule has 0 aliphatic carbocycles. The predicted octanol–water partition coefficient (Wildman–Crippen LogP) is 5.24. The number of thiazole rings is 1. The van der Waals surface area contributed by atoms with Gasteiger partial charge in [-0.05, 0) is 50.6 Å². The lowest BCUT2D eigenvalue weighted by Crippen LogP contribution is -2.35. The summed E-state index contributed by atoms with van der Waals surface area (Å²) in [6.07, 6.45) is 2.44. The molecule has 118 valence electrons. The summed E-state index contributed by atoms with van der Waals surface area (Å²) in [6.45, 7) is 4.65. The van der Waals surface area contributed by atoms with E-state index < -0.39 is 0 Å². The van der Waals surface area contributed by atoms with Crippen LogP contribution in [0.2, 0.25) is 0 Å². The fraction of sp³-hybridized carbons (Fsp3) is 0.350. The van der Waals surface area contributed by atoms with Crippen molar-refractivity contribution in [1.29, 1.82) is 0 Å². The summed E-state index contributed by atoms with van der Waals surface area (Å²) in [7, 11) is 0. The van der Waals surface area contributed by atoms with Gasteiger partial charge in [-0.2, -0.15) is 0 Å². The molecule has 1 saturated heterocycles. The zero-order valence-electron chi connectivity index (χ0n) is 13.5. The normalized spacial score (nSPS) is 18.3. The predicted molar refractivity (Wildman–Crippen MR) is 98.0 cm³/mol. The van der Waals surface area contributed by atoms with Gasteiger partial charge in [-0.25, -0.2) is 4.98 Å². The van der Waals surface area contributed by atoms with Gasteiger partial charge < -0.3 is 0 Å². The highest BCUT2D eigenvalue weighted by molar-refractivity contribution is 7.18. The Bertz CT molecular complexity index is 739. The maximum Gasteiger partial charge on any atom is 0.0970 e. The molecule has 1 aliphatic heterocycles. The number of nitrogens with zero attached hydrogens (tertiary/aromatic N) is 2. The minimum absolute atomic E-state index is 0.507. The maximum atomic E-state index is 4.86. The number of aromatic nitrogens is 1. The Morgan fingerprint density at radius 3 is 2.43 bits per heavy atom. The molecule has 2 heterocycles. The molecule has 23 heavy (non-hydrogen) atoms. The Balaban J connectivity index is 1.44. The van der Waals surface area contributed by atoms with E-state index in [0.717, 1.165) is 18.6 Å². The van der Waals surface area contributed by atoms with E-state index in [-0.39, 0.29) is 0 Å². The highest BCUT2D eigenvalue weighted by Crippen LogP contribution is 2.35. The number of rotatable bonds is 3. The second-order valence-corrected chi connectivity index (χ2v) is 7.48. The quantitative estimate of drug-likeness (QED) is 0.656. The van der Waals surface area contributed by atoms with Crippen molar-refractivity contribution in [3.63, 3.8) is 0 Å². The molecule has 0 bridgehead atoms. The Morgan fingerprint density at radius 2 is 1.70 bits per heavy atom. The van der Waals surface area contributed by atoms with Crippen LogP contribution in [0.4, 0.5) is 0 Å². The van der Waals surface area contributed by atoms with Gasteiger partial charge in [0.15, 0.2) is 0 Å². The first-order valence-electron chi connectivity index (χ1n) is 8.46. The van der Waals surface area contributed by atoms with Crippen molar-refractivity contribution in [3.8, 4) is 0 Å². The van der Waals surface area contributed by atoms with Crippen LogP contribution < -0.4 is 0 Å². The molecule has 0 radical (unpaired) electrons. The molecule has 3 heteroatoms. The van der Waals surface area contributed by atoms with Crippen LogP contribution in [0.1, 0.15) is 42.3 Å². The van der Waals surface area contributed by atoms with Gasteiger partial charge in [0.2, 0.25) is 0 Å². The first-order chi connectivity index (χ1) is 11.3. The van der Waals surface area contributed by atoms with Crippen LogP contribution in [0.25, 0.3) is 10.2 Å². The average molecular weight is 322 g/mol. The molecule has 0 amide bonds. The van der Waals surface area contributed by atoms with E-state index in [4.69, 9.17) is 4.98 Å². The third-order valence-corrected chi connectivity index (χ3v) is 6.22. The van der Waals surface area contributed by atoms with E-state index in [2.05, 4.69) is 66.4 Å². The highest BCUT2D eigenvalue weighted by atomic mass is 32.1. The standard InChI is InChI=1S/C20H22N2S/c1-15(16-7-3-2-4-8-16)22-13-11-17(12-14-22)20-21-18-9-5-6-10-19(18)23-20/h2-10,15,17H,11-14H2,1H3. The van der Waals surface area contributed by atoms with Crippen LogP contribution in [0, 0.1) is 0 Å². The van der Waals surface area contributed by atoms with Crippen molar-refractivity contribution >= 4 is 21.6 Å². The number of piperidine rings is 1. The average Bonchev–Trinajstić information content (AvgIpc) is 3.06. The molecule has 2 nitrogen and oxygen atoms in total. The molecule has 0 spiro atoms. The van der Waals surface area contributed by atoms with Crippen LogP contribution in [-0.2, 0) is 0 Å². The first-order valence-corrected chi connectivity index (χ1v) is 9.27. The molecule has 1 unspecified atom stereocenters. The summed E-state index contributed by atoms with van der Waals surface area (Å²) in [6, 6.07) is 19.9. The maximum absolute atomic E-state index is 4.86. The molecule has 2 aromatic carbocycles. The van der Waals surface area contributed by atoms with E-state index in [1.54, 1.807) is 0 Å². The smallest absolute Gasteiger partial charge is 0.0970 e. The van der Waals surface area contributed by atoms with Gasteiger partial charge in [0.25, 0.3) is 0 Å². The number of likely N-dealkylation sites (tertiary alicyclic amines) is 1. The number of fused-ring (bicyclic) bond motifs is 1. The molecule has 1 atom stereocenters. The van der Waals surface area contributed by atoms with Crippen LogP contribution >= 0.6 is 11.3 Å². The Hall–Kier alpha value is -1.71. The minimum Gasteiger partial charge on any atom is -0.297 e. The van der Waals surface area contributed by atoms with Crippen molar-refractivity contribution in [3.05, 3.63) is 65.2 Å². The lowest BCUT2D eigenvalue weighted by atomic mass is 9.95. The number of para-hydroxylation sites is 1. The SMILES string of the molecule is CC(c1ccccc1)N1CCC(c2nc3ccccc3s2)CC1. The minimum atomic E-state index is 0.507. The molecular weight excluding hydrogens is 300 g/mol. The number of hydrogen-bond acceptors (Lipinski definition) is 3. The van der Waals surface area contributed by atoms with Crippen molar-refractivity contribution < 1.29 is 0 Å². The number of hydrogen-bond donors (Lipinski definition) is 0. The van der Waals surface area contributed by atoms with Crippen LogP contribution in [-0.4, -0.2) is 23.0 Å². The van der Waals surface area contributed by atoms with E-state index in [0.29, 0.717) is 12.0 Å². The zero-order chi connectivity index (χ0) is 15.6. The lowest BCUT2D eigenvalue weighted by Gasteiger charge is -2.35. The van der Waals surface area contributed by atoms with E-state index in [1.807, 2.05) is 11.3 Å². The van der Waals surface area contributed by atoms with Gasteiger partial charge >= 0.3 is 0 Å². The van der Waals surface area contributed by atoms with Crippen molar-refractivity contribution in [2.24, 2.45) is 0 Å². The second-order valence-electron chi connectivity index (χ2n) is 6.42. The van der Waals surface area contributed by atoms with E-state index >= 15 is 0 Å². The Kier molecular flexibility index (Phi) is 4.15. The fourth-order valence-electron chi connectivity index (χ4n) is 3.54. The molecule has 1 aliphatic rings. The van der Waals surface area contributed by atoms with E-state index in [9.17, 15) is 0 Å². The lowest BCUT2D eigenvalue weighted by molar-refractivity contribution is 0.162. The summed E-state index contributed by atoms with van der Waals surface area (Å²) in [4.78, 5) is 7.47. The monoisotopic (exact) mass is 322 g/mol. The Morgan fingerprint density at radius 1 is 1.00 bits per heavy atom. The van der Waals surface area contributed by atoms with E-state index in [1.165, 1.54) is 28.1 Å². The topological polar surface area (TPSA) is 16.1 Å². The molecule has 3 aromatic rings. The molecule has 1 fully saturated rings. The third-order valence-electron chi connectivity index (χ3n) is 5.02. The largest absolute Gasteiger partial charge is 0.297 e. The van der Waals surface area contributed by atoms with Crippen LogP contribution in [0.15, 0.2) is 54.6 Å². The van der Waals surface area contributed by atoms with Gasteiger partial charge in [0.1, 0.15) is 0 Å². The Labute approximate surface area is 141 Å². The molecule has 0 N–H and O–H groups in total. The summed E-state index contributed by atoms with van der Waals surface area (Å²) < 4.78 is 1.32. The fourth-order valence-corrected chi connectivity index (χ4v) is 4.68. The van der Waals surface area contributed by atoms with Crippen LogP contribution in [0.5, 0.6) is 0 Å². The summed E-state index contributed by atoms with van der Waals surface area (Å²) in [5.41, 5.74) is 2.58. The van der Waals surface area contributed by atoms with Crippen molar-refractivity contribution in [2.45, 2.75) is 31.7 Å². The second kappa shape index (κ2) is 6.42. The highest BCUT2D eigenvalue weighted by Gasteiger charge is 2.26. The van der Waals surface area contributed by atoms with Crippen molar-refractivity contribution in [1.82, 2.24) is 9.88 Å². The van der Waals surface area contributed by atoms with Gasteiger partial charge in [0.05, 0.1) is 15.2 Å². The van der Waals surface area contributed by atoms with Crippen LogP contribution in [0.3, 0.4) is 0 Å². The van der Waals surface area contributed by atoms with Crippen molar-refractivity contribution in [2.75, 3.05) is 13.1 Å². The number of benzene rings is 2. The van der Waals surface area contributed by atoms with Gasteiger partial charge in [-0.1, -0.05) is 42.5 Å². The van der Waals surface area contributed by atoms with Gasteiger partial charge in [-0.3, -0.25) is 4.90 Å². The molecule has 1 aromatic heterocycles. The third kappa shape index (κ3) is 3.04. The van der Waals surface area contributed by atoms with Gasteiger partial charge in [-0.15, -0.1) is 11.3 Å². The summed E-state index contributed by atoms with van der Waals surface area (Å²) in [5.74, 6) is 0.631. The van der Waals surface area contributed by atoms with Gasteiger partial charge in [0, 0.05) is 12.0 Å². The first kappa shape index (κ1) is 14.9. The molecule has 4 rings (SSSR count).